The third-order valence-corrected chi connectivity index (χ3v) is 3.26. The second-order valence-corrected chi connectivity index (χ2v) is 5.94. The number of hydrogen-bond acceptors (Lipinski definition) is 5. The Kier molecular flexibility index (Phi) is 4.26. The average molecular weight is 304 g/mol. The van der Waals surface area contributed by atoms with Crippen molar-refractivity contribution in [2.45, 2.75) is 46.3 Å². The molecule has 0 atom stereocenters. The van der Waals surface area contributed by atoms with Crippen molar-refractivity contribution in [2.24, 2.45) is 0 Å². The summed E-state index contributed by atoms with van der Waals surface area (Å²) in [5.74, 6) is -0.330. The number of esters is 1. The van der Waals surface area contributed by atoms with Crippen LogP contribution >= 0.6 is 0 Å². The fourth-order valence-corrected chi connectivity index (χ4v) is 2.28. The van der Waals surface area contributed by atoms with Crippen molar-refractivity contribution in [2.75, 3.05) is 0 Å². The lowest BCUT2D eigenvalue weighted by Crippen LogP contribution is -2.27. The van der Waals surface area contributed by atoms with Crippen molar-refractivity contribution >= 4 is 17.7 Å². The molecule has 0 bridgehead atoms. The first-order valence-electron chi connectivity index (χ1n) is 7.15. The molecular weight excluding hydrogens is 284 g/mol. The lowest BCUT2D eigenvalue weighted by atomic mass is 9.96. The van der Waals surface area contributed by atoms with E-state index in [1.807, 2.05) is 25.1 Å². The molecule has 5 heteroatoms. The van der Waals surface area contributed by atoms with Crippen molar-refractivity contribution in [3.63, 3.8) is 0 Å². The van der Waals surface area contributed by atoms with Crippen molar-refractivity contribution in [3.05, 3.63) is 41.2 Å². The monoisotopic (exact) mass is 304 g/mol. The highest BCUT2D eigenvalue weighted by Gasteiger charge is 2.44. The van der Waals surface area contributed by atoms with Gasteiger partial charge < -0.3 is 14.2 Å². The lowest BCUT2D eigenvalue weighted by molar-refractivity contribution is -0.144. The van der Waals surface area contributed by atoms with E-state index in [0.717, 1.165) is 5.56 Å². The summed E-state index contributed by atoms with van der Waals surface area (Å²) in [4.78, 5) is 24.1. The molecule has 1 aliphatic heterocycles. The van der Waals surface area contributed by atoms with Gasteiger partial charge in [0.05, 0.1) is 6.10 Å². The molecule has 1 aliphatic rings. The summed E-state index contributed by atoms with van der Waals surface area (Å²) >= 11 is 0. The molecule has 0 fully saturated rings. The highest BCUT2D eigenvalue weighted by Crippen LogP contribution is 2.39. The summed E-state index contributed by atoms with van der Waals surface area (Å²) in [6.07, 6.45) is -1.15. The van der Waals surface area contributed by atoms with Crippen LogP contribution in [0.2, 0.25) is 0 Å². The summed E-state index contributed by atoms with van der Waals surface area (Å²) < 4.78 is 15.6. The first kappa shape index (κ1) is 16.1. The predicted octanol–water partition coefficient (Wildman–Crippen LogP) is 3.60. The zero-order chi connectivity index (χ0) is 16.5. The van der Waals surface area contributed by atoms with E-state index in [4.69, 9.17) is 14.2 Å². The summed E-state index contributed by atoms with van der Waals surface area (Å²) in [7, 11) is 0. The molecule has 0 aromatic heterocycles. The van der Waals surface area contributed by atoms with Crippen molar-refractivity contribution in [3.8, 4) is 0 Å². The molecule has 0 unspecified atom stereocenters. The van der Waals surface area contributed by atoms with E-state index in [0.29, 0.717) is 5.56 Å². The van der Waals surface area contributed by atoms with Crippen molar-refractivity contribution in [1.82, 2.24) is 0 Å². The van der Waals surface area contributed by atoms with Gasteiger partial charge in [-0.05, 0) is 45.7 Å². The maximum absolute atomic E-state index is 12.2. The molecule has 0 spiro atoms. The van der Waals surface area contributed by atoms with Gasteiger partial charge in [-0.2, -0.15) is 0 Å². The fourth-order valence-electron chi connectivity index (χ4n) is 2.28. The quantitative estimate of drug-likeness (QED) is 0.798. The Balaban J connectivity index is 2.48. The van der Waals surface area contributed by atoms with Crippen molar-refractivity contribution < 1.29 is 23.8 Å². The van der Waals surface area contributed by atoms with Gasteiger partial charge in [0.1, 0.15) is 5.57 Å². The topological polar surface area (TPSA) is 61.8 Å². The second-order valence-electron chi connectivity index (χ2n) is 5.94. The highest BCUT2D eigenvalue weighted by molar-refractivity contribution is 6.20. The second kappa shape index (κ2) is 5.83. The maximum Gasteiger partial charge on any atom is 0.513 e. The summed E-state index contributed by atoms with van der Waals surface area (Å²) in [5.41, 5.74) is 0.824. The Morgan fingerprint density at radius 2 is 1.86 bits per heavy atom. The molecule has 1 heterocycles. The number of cyclic esters (lactones) is 1. The van der Waals surface area contributed by atoms with Gasteiger partial charge in [0, 0.05) is 0 Å². The standard InChI is InChI=1S/C17H20O5/c1-10(2)20-16(19)21-14-13(15(18)22-17(14,4)5)12-9-7-6-8-11(12)3/h6-10H,1-5H3. The van der Waals surface area contributed by atoms with Crippen LogP contribution in [0.1, 0.15) is 38.8 Å². The van der Waals surface area contributed by atoms with Crippen LogP contribution < -0.4 is 0 Å². The number of aryl methyl sites for hydroxylation is 1. The molecule has 1 aromatic rings. The molecule has 1 aromatic carbocycles. The minimum absolute atomic E-state index is 0.178. The average Bonchev–Trinajstić information content (AvgIpc) is 2.59. The van der Waals surface area contributed by atoms with E-state index >= 15 is 0 Å². The molecule has 0 amide bonds. The SMILES string of the molecule is Cc1ccccc1C1=C(OC(=O)OC(C)C)C(C)(C)OC1=O. The van der Waals surface area contributed by atoms with Crippen LogP contribution in [0.5, 0.6) is 0 Å². The number of rotatable bonds is 3. The molecule has 2 rings (SSSR count). The fraction of sp³-hybridized carbons (Fsp3) is 0.412. The Morgan fingerprint density at radius 3 is 2.45 bits per heavy atom. The zero-order valence-corrected chi connectivity index (χ0v) is 13.4. The summed E-state index contributed by atoms with van der Waals surface area (Å²) in [5, 5.41) is 0. The third kappa shape index (κ3) is 3.13. The van der Waals surface area contributed by atoms with Crippen LogP contribution in [0, 0.1) is 6.92 Å². The summed E-state index contributed by atoms with van der Waals surface area (Å²) in [6.45, 7) is 8.67. The summed E-state index contributed by atoms with van der Waals surface area (Å²) in [6, 6.07) is 7.37. The number of ether oxygens (including phenoxy) is 3. The van der Waals surface area contributed by atoms with Crippen molar-refractivity contribution in [1.29, 1.82) is 0 Å². The Bertz CT molecular complexity index is 640. The van der Waals surface area contributed by atoms with E-state index in [2.05, 4.69) is 0 Å². The van der Waals surface area contributed by atoms with Crippen LogP contribution in [0.4, 0.5) is 4.79 Å². The Morgan fingerprint density at radius 1 is 1.23 bits per heavy atom. The van der Waals surface area contributed by atoms with Crippen LogP contribution in [-0.4, -0.2) is 23.8 Å². The highest BCUT2D eigenvalue weighted by atomic mass is 16.7. The van der Waals surface area contributed by atoms with Gasteiger partial charge >= 0.3 is 12.1 Å². The molecule has 22 heavy (non-hydrogen) atoms. The number of carbonyl (C=O) groups excluding carboxylic acids is 2. The largest absolute Gasteiger partial charge is 0.513 e. The molecule has 0 N–H and O–H groups in total. The third-order valence-electron chi connectivity index (χ3n) is 3.26. The van der Waals surface area contributed by atoms with Gasteiger partial charge in [-0.3, -0.25) is 0 Å². The minimum Gasteiger partial charge on any atom is -0.448 e. The van der Waals surface area contributed by atoms with Gasteiger partial charge in [-0.15, -0.1) is 0 Å². The predicted molar refractivity (Wildman–Crippen MR) is 81.0 cm³/mol. The van der Waals surface area contributed by atoms with Crippen LogP contribution in [0.3, 0.4) is 0 Å². The van der Waals surface area contributed by atoms with Gasteiger partial charge in [-0.1, -0.05) is 24.3 Å². The van der Waals surface area contributed by atoms with Gasteiger partial charge in [0.2, 0.25) is 0 Å². The van der Waals surface area contributed by atoms with Gasteiger partial charge in [0.25, 0.3) is 0 Å². The maximum atomic E-state index is 12.2. The molecule has 5 nitrogen and oxygen atoms in total. The zero-order valence-electron chi connectivity index (χ0n) is 13.4. The number of hydrogen-bond donors (Lipinski definition) is 0. The molecule has 0 saturated heterocycles. The van der Waals surface area contributed by atoms with E-state index in [9.17, 15) is 9.59 Å². The lowest BCUT2D eigenvalue weighted by Gasteiger charge is -2.20. The normalized spacial score (nSPS) is 16.7. The van der Waals surface area contributed by atoms with Crippen LogP contribution in [-0.2, 0) is 19.0 Å². The number of carbonyl (C=O) groups is 2. The first-order valence-corrected chi connectivity index (χ1v) is 7.15. The Labute approximate surface area is 129 Å². The van der Waals surface area contributed by atoms with E-state index in [1.54, 1.807) is 33.8 Å². The molecule has 118 valence electrons. The van der Waals surface area contributed by atoms with E-state index in [-0.39, 0.29) is 17.4 Å². The van der Waals surface area contributed by atoms with Gasteiger partial charge in [-0.25, -0.2) is 9.59 Å². The van der Waals surface area contributed by atoms with Crippen LogP contribution in [0.15, 0.2) is 30.0 Å². The molecular formula is C17H20O5. The molecule has 0 radical (unpaired) electrons. The first-order chi connectivity index (χ1) is 10.2. The molecule has 0 saturated carbocycles. The van der Waals surface area contributed by atoms with E-state index in [1.165, 1.54) is 0 Å². The van der Waals surface area contributed by atoms with E-state index < -0.39 is 17.7 Å². The van der Waals surface area contributed by atoms with Gasteiger partial charge in [0.15, 0.2) is 11.4 Å². The number of benzene rings is 1. The molecule has 0 aliphatic carbocycles. The van der Waals surface area contributed by atoms with Crippen LogP contribution in [0.25, 0.3) is 5.57 Å². The smallest absolute Gasteiger partial charge is 0.448 e. The minimum atomic E-state index is -1.02. The Hall–Kier alpha value is -2.30.